The maximum Gasteiger partial charge on any atom is 0.417 e. The number of halogens is 6. The standard InChI is InChI=1S/C26H26F6N4O3/c27-25(28,29)18-2-8-23(34-15-18)35-9-11-36(12-10-35)24(37)16-38-19-4-6-20(7-5-19)39-21-3-1-17(14-33)22(13-21)26(30,31)32/h1-3,8,13,15,19-20H,4-7,9-12,16H2. The fourth-order valence-corrected chi connectivity index (χ4v) is 4.64. The van der Waals surface area contributed by atoms with Crippen LogP contribution in [0.3, 0.4) is 0 Å². The summed E-state index contributed by atoms with van der Waals surface area (Å²) in [4.78, 5) is 20.0. The topological polar surface area (TPSA) is 78.7 Å². The van der Waals surface area contributed by atoms with Crippen molar-refractivity contribution in [2.75, 3.05) is 37.7 Å². The number of rotatable bonds is 6. The highest BCUT2D eigenvalue weighted by atomic mass is 19.4. The Morgan fingerprint density at radius 3 is 2.18 bits per heavy atom. The fraction of sp³-hybridized carbons (Fsp3) is 0.500. The number of pyridine rings is 1. The third kappa shape index (κ3) is 7.32. The third-order valence-corrected chi connectivity index (χ3v) is 6.81. The molecule has 2 fully saturated rings. The number of anilines is 1. The van der Waals surface area contributed by atoms with Crippen LogP contribution in [0.5, 0.6) is 5.75 Å². The Labute approximate surface area is 220 Å². The largest absolute Gasteiger partial charge is 0.490 e. The molecule has 39 heavy (non-hydrogen) atoms. The van der Waals surface area contributed by atoms with E-state index in [0.29, 0.717) is 57.7 Å². The first-order valence-electron chi connectivity index (χ1n) is 12.4. The van der Waals surface area contributed by atoms with E-state index < -0.39 is 29.0 Å². The molecule has 1 amide bonds. The molecule has 4 rings (SSSR count). The van der Waals surface area contributed by atoms with E-state index in [4.69, 9.17) is 14.7 Å². The van der Waals surface area contributed by atoms with Crippen LogP contribution in [0.15, 0.2) is 36.5 Å². The van der Waals surface area contributed by atoms with Crippen molar-refractivity contribution in [3.8, 4) is 11.8 Å². The second kappa shape index (κ2) is 11.7. The number of piperazine rings is 1. The van der Waals surface area contributed by atoms with Gasteiger partial charge in [0.05, 0.1) is 35.0 Å². The summed E-state index contributed by atoms with van der Waals surface area (Å²) in [6, 6.07) is 7.13. The lowest BCUT2D eigenvalue weighted by atomic mass is 9.95. The summed E-state index contributed by atoms with van der Waals surface area (Å²) < 4.78 is 89.2. The van der Waals surface area contributed by atoms with E-state index in [1.54, 1.807) is 4.90 Å². The lowest BCUT2D eigenvalue weighted by Crippen LogP contribution is -2.50. The van der Waals surface area contributed by atoms with Gasteiger partial charge in [0.1, 0.15) is 18.2 Å². The summed E-state index contributed by atoms with van der Waals surface area (Å²) >= 11 is 0. The van der Waals surface area contributed by atoms with Crippen molar-refractivity contribution in [1.29, 1.82) is 5.26 Å². The van der Waals surface area contributed by atoms with Crippen LogP contribution in [-0.2, 0) is 21.9 Å². The lowest BCUT2D eigenvalue weighted by molar-refractivity contribution is -0.140. The first-order valence-corrected chi connectivity index (χ1v) is 12.4. The van der Waals surface area contributed by atoms with Crippen molar-refractivity contribution in [2.24, 2.45) is 0 Å². The Bertz CT molecular complexity index is 1180. The first kappa shape index (κ1) is 28.5. The molecule has 1 saturated heterocycles. The molecule has 0 bridgehead atoms. The summed E-state index contributed by atoms with van der Waals surface area (Å²) in [5.41, 5.74) is -2.31. The third-order valence-electron chi connectivity index (χ3n) is 6.81. The average Bonchev–Trinajstić information content (AvgIpc) is 2.91. The van der Waals surface area contributed by atoms with Gasteiger partial charge in [0.25, 0.3) is 0 Å². The highest BCUT2D eigenvalue weighted by Crippen LogP contribution is 2.35. The van der Waals surface area contributed by atoms with E-state index >= 15 is 0 Å². The van der Waals surface area contributed by atoms with Crippen molar-refractivity contribution >= 4 is 11.7 Å². The SMILES string of the molecule is N#Cc1ccc(OC2CCC(OCC(=O)N3CCN(c4ccc(C(F)(F)F)cn4)CC3)CC2)cc1C(F)(F)F. The number of nitrogens with zero attached hydrogens (tertiary/aromatic N) is 4. The molecular weight excluding hydrogens is 530 g/mol. The molecule has 0 unspecified atom stereocenters. The molecule has 1 aromatic heterocycles. The Morgan fingerprint density at radius 2 is 1.62 bits per heavy atom. The van der Waals surface area contributed by atoms with E-state index in [2.05, 4.69) is 4.98 Å². The molecule has 0 N–H and O–H groups in total. The van der Waals surface area contributed by atoms with Gasteiger partial charge in [0.2, 0.25) is 5.91 Å². The monoisotopic (exact) mass is 556 g/mol. The summed E-state index contributed by atoms with van der Waals surface area (Å²) in [6.45, 7) is 1.52. The van der Waals surface area contributed by atoms with Crippen molar-refractivity contribution in [3.05, 3.63) is 53.2 Å². The van der Waals surface area contributed by atoms with Gasteiger partial charge in [-0.1, -0.05) is 0 Å². The number of benzene rings is 1. The highest BCUT2D eigenvalue weighted by Gasteiger charge is 2.35. The van der Waals surface area contributed by atoms with Gasteiger partial charge >= 0.3 is 12.4 Å². The number of nitriles is 1. The van der Waals surface area contributed by atoms with Crippen molar-refractivity contribution in [2.45, 2.75) is 50.2 Å². The molecule has 2 heterocycles. The zero-order valence-corrected chi connectivity index (χ0v) is 20.8. The molecule has 13 heteroatoms. The quantitative estimate of drug-likeness (QED) is 0.464. The van der Waals surface area contributed by atoms with Gasteiger partial charge < -0.3 is 19.3 Å². The van der Waals surface area contributed by atoms with Gasteiger partial charge in [-0.15, -0.1) is 0 Å². The summed E-state index contributed by atoms with van der Waals surface area (Å²) in [7, 11) is 0. The average molecular weight is 557 g/mol. The van der Waals surface area contributed by atoms with Gasteiger partial charge in [-0.05, 0) is 56.0 Å². The van der Waals surface area contributed by atoms with Crippen LogP contribution in [0, 0.1) is 11.3 Å². The predicted molar refractivity (Wildman–Crippen MR) is 127 cm³/mol. The van der Waals surface area contributed by atoms with Crippen LogP contribution in [0.25, 0.3) is 0 Å². The second-order valence-corrected chi connectivity index (χ2v) is 9.42. The highest BCUT2D eigenvalue weighted by molar-refractivity contribution is 5.77. The smallest absolute Gasteiger partial charge is 0.417 e. The molecule has 2 aliphatic rings. The van der Waals surface area contributed by atoms with Crippen molar-refractivity contribution in [1.82, 2.24) is 9.88 Å². The number of hydrogen-bond acceptors (Lipinski definition) is 6. The summed E-state index contributed by atoms with van der Waals surface area (Å²) in [6.07, 6.45) is -6.56. The molecule has 210 valence electrons. The van der Waals surface area contributed by atoms with E-state index in [-0.39, 0.29) is 30.5 Å². The van der Waals surface area contributed by atoms with E-state index in [1.807, 2.05) is 4.90 Å². The number of ether oxygens (including phenoxy) is 2. The number of amides is 1. The molecule has 0 radical (unpaired) electrons. The number of carbonyl (C=O) groups is 1. The summed E-state index contributed by atoms with van der Waals surface area (Å²) in [5.74, 6) is 0.276. The Hall–Kier alpha value is -3.53. The molecule has 0 spiro atoms. The Morgan fingerprint density at radius 1 is 0.949 bits per heavy atom. The fourth-order valence-electron chi connectivity index (χ4n) is 4.64. The van der Waals surface area contributed by atoms with Gasteiger partial charge in [-0.2, -0.15) is 31.6 Å². The van der Waals surface area contributed by atoms with Crippen LogP contribution < -0.4 is 9.64 Å². The molecule has 7 nitrogen and oxygen atoms in total. The molecule has 1 saturated carbocycles. The number of alkyl halides is 6. The Balaban J connectivity index is 1.18. The van der Waals surface area contributed by atoms with E-state index in [9.17, 15) is 31.1 Å². The van der Waals surface area contributed by atoms with Crippen LogP contribution in [0.1, 0.15) is 42.4 Å². The van der Waals surface area contributed by atoms with Gasteiger partial charge in [0, 0.05) is 32.4 Å². The van der Waals surface area contributed by atoms with Crippen LogP contribution >= 0.6 is 0 Å². The van der Waals surface area contributed by atoms with Crippen LogP contribution in [-0.4, -0.2) is 60.8 Å². The van der Waals surface area contributed by atoms with E-state index in [1.165, 1.54) is 18.2 Å². The van der Waals surface area contributed by atoms with Gasteiger partial charge in [-0.3, -0.25) is 4.79 Å². The van der Waals surface area contributed by atoms with E-state index in [0.717, 1.165) is 24.4 Å². The minimum atomic E-state index is -4.66. The Kier molecular flexibility index (Phi) is 8.54. The molecule has 0 atom stereocenters. The van der Waals surface area contributed by atoms with Gasteiger partial charge in [-0.25, -0.2) is 4.98 Å². The molecule has 1 aromatic carbocycles. The van der Waals surface area contributed by atoms with Crippen molar-refractivity contribution < 1.29 is 40.6 Å². The van der Waals surface area contributed by atoms with Gasteiger partial charge in [0.15, 0.2) is 0 Å². The van der Waals surface area contributed by atoms with Crippen LogP contribution in [0.2, 0.25) is 0 Å². The number of hydrogen-bond donors (Lipinski definition) is 0. The maximum atomic E-state index is 13.2. The first-order chi connectivity index (χ1) is 18.4. The number of carbonyl (C=O) groups excluding carboxylic acids is 1. The maximum absolute atomic E-state index is 13.2. The lowest BCUT2D eigenvalue weighted by Gasteiger charge is -2.36. The molecular formula is C26H26F6N4O3. The molecule has 1 aliphatic heterocycles. The minimum Gasteiger partial charge on any atom is -0.490 e. The summed E-state index contributed by atoms with van der Waals surface area (Å²) in [5, 5.41) is 8.92. The minimum absolute atomic E-state index is 0.0477. The zero-order valence-electron chi connectivity index (χ0n) is 20.8. The molecule has 1 aliphatic carbocycles. The van der Waals surface area contributed by atoms with Crippen LogP contribution in [0.4, 0.5) is 32.2 Å². The zero-order chi connectivity index (χ0) is 28.2. The predicted octanol–water partition coefficient (Wildman–Crippen LogP) is 5.05. The second-order valence-electron chi connectivity index (χ2n) is 9.42. The normalized spacial score (nSPS) is 20.4. The number of aromatic nitrogens is 1. The molecule has 2 aromatic rings. The van der Waals surface area contributed by atoms with Crippen molar-refractivity contribution in [3.63, 3.8) is 0 Å².